The number of aryl methyl sites for hydroxylation is 1. The normalized spacial score (nSPS) is 11.5. The number of hydrogen-bond donors (Lipinski definition) is 1. The summed E-state index contributed by atoms with van der Waals surface area (Å²) < 4.78 is 4.97. The number of nitrogens with one attached hydrogen (secondary N) is 1. The van der Waals surface area contributed by atoms with Gasteiger partial charge in [0.15, 0.2) is 0 Å². The van der Waals surface area contributed by atoms with Crippen molar-refractivity contribution in [1.82, 2.24) is 10.5 Å². The zero-order valence-electron chi connectivity index (χ0n) is 12.0. The second kappa shape index (κ2) is 7.09. The van der Waals surface area contributed by atoms with E-state index in [-0.39, 0.29) is 5.91 Å². The number of halogens is 1. The van der Waals surface area contributed by atoms with E-state index in [1.54, 1.807) is 19.1 Å². The van der Waals surface area contributed by atoms with Gasteiger partial charge in [-0.3, -0.25) is 4.79 Å². The minimum atomic E-state index is -0.0924. The van der Waals surface area contributed by atoms with Gasteiger partial charge in [-0.1, -0.05) is 28.9 Å². The Kier molecular flexibility index (Phi) is 5.17. The minimum Gasteiger partial charge on any atom is -0.361 e. The van der Waals surface area contributed by atoms with Crippen molar-refractivity contribution in [1.29, 1.82) is 0 Å². The average Bonchev–Trinajstić information content (AvgIpc) is 2.87. The maximum absolute atomic E-state index is 12.0. The summed E-state index contributed by atoms with van der Waals surface area (Å²) in [5.41, 5.74) is 2.43. The monoisotopic (exact) mass is 304 g/mol. The SMILES string of the molecule is C/C(=C\c1ccc(Cl)cc1)C(=O)NCCc1cc(C)on1. The fraction of sp³-hybridized carbons (Fsp3) is 0.250. The molecule has 0 radical (unpaired) electrons. The lowest BCUT2D eigenvalue weighted by Gasteiger charge is -2.04. The molecular formula is C16H17ClN2O2. The fourth-order valence-electron chi connectivity index (χ4n) is 1.85. The molecule has 5 heteroatoms. The van der Waals surface area contributed by atoms with Gasteiger partial charge in [-0.2, -0.15) is 0 Å². The van der Waals surface area contributed by atoms with Crippen molar-refractivity contribution in [3.8, 4) is 0 Å². The number of carbonyl (C=O) groups excluding carboxylic acids is 1. The number of rotatable bonds is 5. The number of amides is 1. The van der Waals surface area contributed by atoms with Gasteiger partial charge in [0.2, 0.25) is 5.91 Å². The summed E-state index contributed by atoms with van der Waals surface area (Å²) in [5.74, 6) is 0.681. The van der Waals surface area contributed by atoms with Gasteiger partial charge in [-0.25, -0.2) is 0 Å². The van der Waals surface area contributed by atoms with Crippen LogP contribution in [0, 0.1) is 6.92 Å². The molecule has 2 aromatic rings. The Morgan fingerprint density at radius 2 is 2.10 bits per heavy atom. The smallest absolute Gasteiger partial charge is 0.246 e. The van der Waals surface area contributed by atoms with Gasteiger partial charge in [0, 0.05) is 29.6 Å². The molecule has 1 heterocycles. The van der Waals surface area contributed by atoms with E-state index >= 15 is 0 Å². The van der Waals surface area contributed by atoms with Gasteiger partial charge >= 0.3 is 0 Å². The van der Waals surface area contributed by atoms with Crippen LogP contribution in [0.1, 0.15) is 23.9 Å². The predicted octanol–water partition coefficient (Wildman–Crippen LogP) is 3.40. The molecular weight excluding hydrogens is 288 g/mol. The molecule has 0 atom stereocenters. The van der Waals surface area contributed by atoms with Crippen molar-refractivity contribution < 1.29 is 9.32 Å². The first-order chi connectivity index (χ1) is 10.0. The summed E-state index contributed by atoms with van der Waals surface area (Å²) in [6, 6.07) is 9.20. The van der Waals surface area contributed by atoms with Gasteiger partial charge in [0.05, 0.1) is 5.69 Å². The van der Waals surface area contributed by atoms with Crippen LogP contribution in [0.15, 0.2) is 40.4 Å². The van der Waals surface area contributed by atoms with Gasteiger partial charge in [0.1, 0.15) is 5.76 Å². The van der Waals surface area contributed by atoms with Gasteiger partial charge in [-0.05, 0) is 37.6 Å². The highest BCUT2D eigenvalue weighted by Gasteiger charge is 2.05. The predicted molar refractivity (Wildman–Crippen MR) is 83.1 cm³/mol. The molecule has 1 amide bonds. The molecule has 0 fully saturated rings. The lowest BCUT2D eigenvalue weighted by Crippen LogP contribution is -2.26. The minimum absolute atomic E-state index is 0.0924. The van der Waals surface area contributed by atoms with E-state index < -0.39 is 0 Å². The first-order valence-electron chi connectivity index (χ1n) is 6.69. The Morgan fingerprint density at radius 3 is 2.71 bits per heavy atom. The van der Waals surface area contributed by atoms with E-state index in [9.17, 15) is 4.79 Å². The molecule has 21 heavy (non-hydrogen) atoms. The van der Waals surface area contributed by atoms with Crippen molar-refractivity contribution in [3.63, 3.8) is 0 Å². The van der Waals surface area contributed by atoms with Crippen LogP contribution in [0.5, 0.6) is 0 Å². The molecule has 0 aliphatic heterocycles. The summed E-state index contributed by atoms with van der Waals surface area (Å²) >= 11 is 5.83. The standard InChI is InChI=1S/C16H17ClN2O2/c1-11(9-13-3-5-14(17)6-4-13)16(20)18-8-7-15-10-12(2)21-19-15/h3-6,9-10H,7-8H2,1-2H3,(H,18,20)/b11-9+. The van der Waals surface area contributed by atoms with E-state index in [1.807, 2.05) is 31.2 Å². The maximum atomic E-state index is 12.0. The molecule has 110 valence electrons. The number of benzene rings is 1. The van der Waals surface area contributed by atoms with E-state index in [4.69, 9.17) is 16.1 Å². The molecule has 2 rings (SSSR count). The van der Waals surface area contributed by atoms with Crippen LogP contribution in [-0.2, 0) is 11.2 Å². The Balaban J connectivity index is 1.86. The lowest BCUT2D eigenvalue weighted by atomic mass is 10.1. The Bertz CT molecular complexity index is 645. The van der Waals surface area contributed by atoms with Crippen molar-refractivity contribution in [2.75, 3.05) is 6.54 Å². The zero-order valence-corrected chi connectivity index (χ0v) is 12.8. The van der Waals surface area contributed by atoms with Crippen LogP contribution in [0.4, 0.5) is 0 Å². The molecule has 0 aliphatic carbocycles. The summed E-state index contributed by atoms with van der Waals surface area (Å²) in [7, 11) is 0. The Morgan fingerprint density at radius 1 is 1.38 bits per heavy atom. The average molecular weight is 305 g/mol. The maximum Gasteiger partial charge on any atom is 0.246 e. The van der Waals surface area contributed by atoms with Crippen LogP contribution in [0.2, 0.25) is 5.02 Å². The van der Waals surface area contributed by atoms with E-state index in [0.29, 0.717) is 23.6 Å². The van der Waals surface area contributed by atoms with E-state index in [2.05, 4.69) is 10.5 Å². The molecule has 1 N–H and O–H groups in total. The molecule has 1 aromatic heterocycles. The largest absolute Gasteiger partial charge is 0.361 e. The number of hydrogen-bond acceptors (Lipinski definition) is 3. The van der Waals surface area contributed by atoms with E-state index in [0.717, 1.165) is 17.0 Å². The second-order valence-electron chi connectivity index (χ2n) is 4.81. The van der Waals surface area contributed by atoms with Gasteiger partial charge in [0.25, 0.3) is 0 Å². The highest BCUT2D eigenvalue weighted by Crippen LogP contribution is 2.12. The second-order valence-corrected chi connectivity index (χ2v) is 5.25. The van der Waals surface area contributed by atoms with Gasteiger partial charge < -0.3 is 9.84 Å². The molecule has 0 saturated carbocycles. The Labute approximate surface area is 128 Å². The quantitative estimate of drug-likeness (QED) is 0.861. The fourth-order valence-corrected chi connectivity index (χ4v) is 1.98. The molecule has 1 aromatic carbocycles. The van der Waals surface area contributed by atoms with Crippen molar-refractivity contribution in [2.24, 2.45) is 0 Å². The summed E-state index contributed by atoms with van der Waals surface area (Å²) in [4.78, 5) is 12.0. The van der Waals surface area contributed by atoms with Crippen LogP contribution in [0.3, 0.4) is 0 Å². The number of nitrogens with zero attached hydrogens (tertiary/aromatic N) is 1. The molecule has 0 spiro atoms. The highest BCUT2D eigenvalue weighted by molar-refractivity contribution is 6.30. The lowest BCUT2D eigenvalue weighted by molar-refractivity contribution is -0.117. The third kappa shape index (κ3) is 4.76. The van der Waals surface area contributed by atoms with Gasteiger partial charge in [-0.15, -0.1) is 0 Å². The first-order valence-corrected chi connectivity index (χ1v) is 7.06. The molecule has 0 saturated heterocycles. The molecule has 0 bridgehead atoms. The zero-order chi connectivity index (χ0) is 15.2. The number of aromatic nitrogens is 1. The van der Waals surface area contributed by atoms with E-state index in [1.165, 1.54) is 0 Å². The van der Waals surface area contributed by atoms with Crippen molar-refractivity contribution in [2.45, 2.75) is 20.3 Å². The third-order valence-corrected chi connectivity index (χ3v) is 3.21. The van der Waals surface area contributed by atoms with Crippen LogP contribution in [0.25, 0.3) is 6.08 Å². The van der Waals surface area contributed by atoms with Crippen LogP contribution >= 0.6 is 11.6 Å². The van der Waals surface area contributed by atoms with Crippen molar-refractivity contribution in [3.05, 3.63) is 57.9 Å². The summed E-state index contributed by atoms with van der Waals surface area (Å²) in [6.45, 7) is 4.15. The molecule has 0 aliphatic rings. The summed E-state index contributed by atoms with van der Waals surface area (Å²) in [5, 5.41) is 7.41. The first kappa shape index (κ1) is 15.3. The van der Waals surface area contributed by atoms with Crippen molar-refractivity contribution >= 4 is 23.6 Å². The van der Waals surface area contributed by atoms with Crippen LogP contribution in [-0.4, -0.2) is 17.6 Å². The molecule has 4 nitrogen and oxygen atoms in total. The Hall–Kier alpha value is -2.07. The molecule has 0 unspecified atom stereocenters. The number of carbonyl (C=O) groups is 1. The summed E-state index contributed by atoms with van der Waals surface area (Å²) in [6.07, 6.45) is 2.48. The topological polar surface area (TPSA) is 55.1 Å². The third-order valence-electron chi connectivity index (χ3n) is 2.95. The van der Waals surface area contributed by atoms with Crippen LogP contribution < -0.4 is 5.32 Å². The highest BCUT2D eigenvalue weighted by atomic mass is 35.5.